The quantitative estimate of drug-likeness (QED) is 0.417. The Morgan fingerprint density at radius 3 is 2.37 bits per heavy atom. The molecule has 188 valence electrons. The Kier molecular flexibility index (Phi) is 8.89. The van der Waals surface area contributed by atoms with Crippen LogP contribution in [0.4, 0.5) is 10.3 Å². The van der Waals surface area contributed by atoms with Gasteiger partial charge in [-0.05, 0) is 31.0 Å². The molecule has 1 unspecified atom stereocenters. The summed E-state index contributed by atoms with van der Waals surface area (Å²) in [5.74, 6) is -0.484. The lowest BCUT2D eigenvalue weighted by Gasteiger charge is -2.44. The molecule has 2 aromatic rings. The van der Waals surface area contributed by atoms with E-state index in [0.717, 1.165) is 18.4 Å². The van der Waals surface area contributed by atoms with Gasteiger partial charge in [-0.15, -0.1) is 0 Å². The number of piperazine rings is 1. The number of hydroxylamine groups is 1. The van der Waals surface area contributed by atoms with Gasteiger partial charge in [-0.25, -0.2) is 19.8 Å². The second-order valence-electron chi connectivity index (χ2n) is 8.80. The minimum Gasteiger partial charge on any atom is -0.344 e. The molecule has 35 heavy (non-hydrogen) atoms. The molecule has 2 N–H and O–H groups in total. The monoisotopic (exact) mass is 484 g/mol. The molecule has 0 saturated carbocycles. The van der Waals surface area contributed by atoms with E-state index in [9.17, 15) is 14.0 Å². The van der Waals surface area contributed by atoms with Crippen molar-refractivity contribution >= 4 is 23.8 Å². The van der Waals surface area contributed by atoms with Crippen LogP contribution in [0.5, 0.6) is 0 Å². The molecule has 1 aromatic heterocycles. The highest BCUT2D eigenvalue weighted by Gasteiger charge is 2.40. The molecule has 1 saturated heterocycles. The van der Waals surface area contributed by atoms with E-state index in [2.05, 4.69) is 21.8 Å². The van der Waals surface area contributed by atoms with E-state index < -0.39 is 11.4 Å². The van der Waals surface area contributed by atoms with E-state index >= 15 is 0 Å². The molecule has 9 nitrogen and oxygen atoms in total. The number of benzene rings is 1. The van der Waals surface area contributed by atoms with Crippen molar-refractivity contribution in [3.8, 4) is 0 Å². The van der Waals surface area contributed by atoms with Crippen molar-refractivity contribution in [2.45, 2.75) is 32.2 Å². The number of unbranched alkanes of at least 4 members (excludes halogenated alkanes) is 1. The number of hydrogen-bond acceptors (Lipinski definition) is 7. The number of nitrogens with one attached hydrogen (secondary N) is 1. The average molecular weight is 485 g/mol. The maximum absolute atomic E-state index is 13.6. The topological polar surface area (TPSA) is 102 Å². The van der Waals surface area contributed by atoms with Crippen LogP contribution < -0.4 is 10.4 Å². The fraction of sp³-hybridized carbons (Fsp3) is 0.440. The lowest BCUT2D eigenvalue weighted by Crippen LogP contribution is -2.61. The van der Waals surface area contributed by atoms with Crippen LogP contribution in [-0.2, 0) is 4.79 Å². The Labute approximate surface area is 205 Å². The smallest absolute Gasteiger partial charge is 0.277 e. The number of carbonyl (C=O) groups is 2. The number of hydrogen-bond donors (Lipinski definition) is 2. The van der Waals surface area contributed by atoms with Crippen molar-refractivity contribution in [3.05, 3.63) is 59.7 Å². The largest absolute Gasteiger partial charge is 0.344 e. The van der Waals surface area contributed by atoms with Crippen LogP contribution in [0.3, 0.4) is 0 Å². The predicted octanol–water partition coefficient (Wildman–Crippen LogP) is 2.59. The minimum absolute atomic E-state index is 0.00776. The third-order valence-electron chi connectivity index (χ3n) is 6.32. The van der Waals surface area contributed by atoms with Crippen molar-refractivity contribution in [1.82, 2.24) is 25.2 Å². The van der Waals surface area contributed by atoms with E-state index in [1.165, 1.54) is 24.5 Å². The van der Waals surface area contributed by atoms with E-state index in [-0.39, 0.29) is 17.3 Å². The zero-order valence-corrected chi connectivity index (χ0v) is 20.4. The van der Waals surface area contributed by atoms with Gasteiger partial charge < -0.3 is 9.80 Å². The average Bonchev–Trinajstić information content (AvgIpc) is 2.90. The van der Waals surface area contributed by atoms with Crippen LogP contribution in [-0.4, -0.2) is 82.1 Å². The summed E-state index contributed by atoms with van der Waals surface area (Å²) in [7, 11) is 1.83. The van der Waals surface area contributed by atoms with Crippen molar-refractivity contribution in [1.29, 1.82) is 0 Å². The molecule has 0 bridgehead atoms. The normalized spacial score (nSPS) is 16.2. The summed E-state index contributed by atoms with van der Waals surface area (Å²) in [5, 5.41) is 8.75. The van der Waals surface area contributed by atoms with Gasteiger partial charge in [-0.1, -0.05) is 37.6 Å². The van der Waals surface area contributed by atoms with Crippen LogP contribution in [0.15, 0.2) is 42.7 Å². The highest BCUT2D eigenvalue weighted by atomic mass is 19.1. The van der Waals surface area contributed by atoms with Gasteiger partial charge in [0, 0.05) is 52.2 Å². The summed E-state index contributed by atoms with van der Waals surface area (Å²) in [6.07, 6.45) is 8.42. The van der Waals surface area contributed by atoms with E-state index in [0.29, 0.717) is 38.7 Å². The van der Waals surface area contributed by atoms with Gasteiger partial charge in [0.25, 0.3) is 5.91 Å². The van der Waals surface area contributed by atoms with Crippen molar-refractivity contribution in [2.24, 2.45) is 0 Å². The Morgan fingerprint density at radius 1 is 1.17 bits per heavy atom. The molecule has 1 aromatic carbocycles. The second-order valence-corrected chi connectivity index (χ2v) is 8.80. The van der Waals surface area contributed by atoms with E-state index in [1.54, 1.807) is 22.5 Å². The molecule has 2 amide bonds. The molecule has 0 radical (unpaired) electrons. The number of aromatic nitrogens is 2. The van der Waals surface area contributed by atoms with Crippen LogP contribution in [0.1, 0.15) is 42.6 Å². The second kappa shape index (κ2) is 11.9. The van der Waals surface area contributed by atoms with Gasteiger partial charge in [0.05, 0.1) is 5.56 Å². The van der Waals surface area contributed by atoms with Gasteiger partial charge in [0.15, 0.2) is 0 Å². The number of likely N-dealkylation sites (N-methyl/N-ethyl adjacent to an activating group) is 1. The third kappa shape index (κ3) is 6.40. The number of rotatable bonds is 9. The Morgan fingerprint density at radius 2 is 1.80 bits per heavy atom. The summed E-state index contributed by atoms with van der Waals surface area (Å²) in [4.78, 5) is 39.5. The van der Waals surface area contributed by atoms with E-state index in [4.69, 9.17) is 5.21 Å². The number of halogens is 1. The number of nitrogens with zero attached hydrogens (tertiary/aromatic N) is 5. The van der Waals surface area contributed by atoms with Crippen molar-refractivity contribution < 1.29 is 19.2 Å². The van der Waals surface area contributed by atoms with Gasteiger partial charge in [-0.2, -0.15) is 0 Å². The molecule has 1 aliphatic rings. The highest BCUT2D eigenvalue weighted by Crippen LogP contribution is 2.25. The molecule has 2 heterocycles. The number of amides is 2. The van der Waals surface area contributed by atoms with Crippen LogP contribution in [0.25, 0.3) is 6.08 Å². The van der Waals surface area contributed by atoms with E-state index in [1.807, 2.05) is 31.0 Å². The van der Waals surface area contributed by atoms with Crippen LogP contribution in [0, 0.1) is 5.82 Å². The van der Waals surface area contributed by atoms with Gasteiger partial charge in [-0.3, -0.25) is 19.7 Å². The first-order chi connectivity index (χ1) is 16.8. The SMILES string of the molecule is CCCCN(C)C(=O)C(C)(C=Cc1ccc(F)cc1)N1CCN(c2ncc(C(=O)NO)cn2)CC1. The Balaban J connectivity index is 1.77. The fourth-order valence-electron chi connectivity index (χ4n) is 4.06. The highest BCUT2D eigenvalue weighted by molar-refractivity contribution is 5.92. The number of carbonyl (C=O) groups excluding carboxylic acids is 2. The first kappa shape index (κ1) is 26.2. The van der Waals surface area contributed by atoms with Crippen molar-refractivity contribution in [3.63, 3.8) is 0 Å². The summed E-state index contributed by atoms with van der Waals surface area (Å²) >= 11 is 0. The maximum Gasteiger partial charge on any atom is 0.277 e. The zero-order chi connectivity index (χ0) is 25.4. The molecule has 1 atom stereocenters. The molecular weight excluding hydrogens is 451 g/mol. The minimum atomic E-state index is -0.882. The molecule has 1 aliphatic heterocycles. The first-order valence-electron chi connectivity index (χ1n) is 11.8. The summed E-state index contributed by atoms with van der Waals surface area (Å²) in [6.45, 7) is 7.08. The summed E-state index contributed by atoms with van der Waals surface area (Å²) in [6, 6.07) is 6.18. The lowest BCUT2D eigenvalue weighted by atomic mass is 9.94. The van der Waals surface area contributed by atoms with Crippen LogP contribution in [0.2, 0.25) is 0 Å². The standard InChI is InChI=1S/C25H33FN6O3/c1-4-5-12-30(3)23(34)25(2,11-10-19-6-8-21(26)9-7-19)32-15-13-31(14-16-32)24-27-17-20(18-28-24)22(33)29-35/h6-11,17-18,35H,4-5,12-16H2,1-3H3,(H,29,33). The molecule has 10 heteroatoms. The first-order valence-corrected chi connectivity index (χ1v) is 11.8. The fourth-order valence-corrected chi connectivity index (χ4v) is 4.06. The van der Waals surface area contributed by atoms with Crippen LogP contribution >= 0.6 is 0 Å². The Hall–Kier alpha value is -3.37. The molecular formula is C25H33FN6O3. The summed E-state index contributed by atoms with van der Waals surface area (Å²) in [5.41, 5.74) is 1.66. The van der Waals surface area contributed by atoms with Crippen molar-refractivity contribution in [2.75, 3.05) is 44.7 Å². The Bertz CT molecular complexity index is 1020. The molecule has 1 fully saturated rings. The third-order valence-corrected chi connectivity index (χ3v) is 6.32. The summed E-state index contributed by atoms with van der Waals surface area (Å²) < 4.78 is 13.3. The van der Waals surface area contributed by atoms with Gasteiger partial charge in [0.1, 0.15) is 11.4 Å². The molecule has 0 spiro atoms. The molecule has 3 rings (SSSR count). The van der Waals surface area contributed by atoms with Gasteiger partial charge in [0.2, 0.25) is 11.9 Å². The zero-order valence-electron chi connectivity index (χ0n) is 20.4. The predicted molar refractivity (Wildman–Crippen MR) is 131 cm³/mol. The van der Waals surface area contributed by atoms with Gasteiger partial charge >= 0.3 is 0 Å². The maximum atomic E-state index is 13.6. The number of anilines is 1. The lowest BCUT2D eigenvalue weighted by molar-refractivity contribution is -0.139. The molecule has 0 aliphatic carbocycles.